The summed E-state index contributed by atoms with van der Waals surface area (Å²) in [6.45, 7) is 5.75. The van der Waals surface area contributed by atoms with Gasteiger partial charge in [-0.25, -0.2) is 0 Å². The predicted octanol–water partition coefficient (Wildman–Crippen LogP) is -0.223. The van der Waals surface area contributed by atoms with Gasteiger partial charge in [0.25, 0.3) is 5.91 Å². The molecule has 4 N–H and O–H groups in total. The van der Waals surface area contributed by atoms with E-state index >= 15 is 0 Å². The van der Waals surface area contributed by atoms with Crippen molar-refractivity contribution in [2.75, 3.05) is 6.54 Å². The van der Waals surface area contributed by atoms with E-state index in [1.807, 2.05) is 6.92 Å². The molecule has 4 heteroatoms. The van der Waals surface area contributed by atoms with E-state index in [4.69, 9.17) is 5.73 Å². The van der Waals surface area contributed by atoms with Crippen LogP contribution in [0.3, 0.4) is 0 Å². The highest BCUT2D eigenvalue weighted by Gasteiger charge is 2.20. The van der Waals surface area contributed by atoms with Crippen molar-refractivity contribution in [1.29, 1.82) is 0 Å². The Balaban J connectivity index is 3.85. The Labute approximate surface area is 78.8 Å². The van der Waals surface area contributed by atoms with Crippen LogP contribution in [0.1, 0.15) is 19.8 Å². The number of amides is 1. The van der Waals surface area contributed by atoms with Crippen LogP contribution in [-0.2, 0) is 4.79 Å². The van der Waals surface area contributed by atoms with E-state index in [0.717, 1.165) is 6.42 Å². The van der Waals surface area contributed by atoms with Gasteiger partial charge in [0.15, 0.2) is 0 Å². The fraction of sp³-hybridized carbons (Fsp3) is 0.667. The number of nitrogens with one attached hydrogen (secondary N) is 1. The number of hydrogen-bond acceptors (Lipinski definition) is 3. The standard InChI is InChI=1S/C9H18N2O2/c1-3-5-7(10)8(12)9(13)11-6-4-2/h4,7-8,12H,2-3,5-6,10H2,1H3,(H,11,13)/t7-,8?/m0/s1. The Hall–Kier alpha value is -0.870. The van der Waals surface area contributed by atoms with Crippen LogP contribution >= 0.6 is 0 Å². The molecule has 1 unspecified atom stereocenters. The van der Waals surface area contributed by atoms with Crippen molar-refractivity contribution in [2.45, 2.75) is 31.9 Å². The second kappa shape index (κ2) is 6.62. The first-order valence-electron chi connectivity index (χ1n) is 4.45. The SMILES string of the molecule is C=CCNC(=O)C(O)[C@@H](N)CCC. The van der Waals surface area contributed by atoms with Crippen molar-refractivity contribution in [3.8, 4) is 0 Å². The van der Waals surface area contributed by atoms with E-state index < -0.39 is 18.1 Å². The molecule has 0 aliphatic heterocycles. The zero-order valence-electron chi connectivity index (χ0n) is 7.99. The molecule has 0 saturated carbocycles. The first-order valence-corrected chi connectivity index (χ1v) is 4.45. The highest BCUT2D eigenvalue weighted by molar-refractivity contribution is 5.81. The molecule has 0 fully saturated rings. The van der Waals surface area contributed by atoms with E-state index in [1.54, 1.807) is 6.08 Å². The van der Waals surface area contributed by atoms with Crippen molar-refractivity contribution >= 4 is 5.91 Å². The number of nitrogens with two attached hydrogens (primary N) is 1. The summed E-state index contributed by atoms with van der Waals surface area (Å²) in [7, 11) is 0. The predicted molar refractivity (Wildman–Crippen MR) is 52.1 cm³/mol. The molecule has 0 heterocycles. The molecule has 0 radical (unpaired) electrons. The molecule has 1 amide bonds. The monoisotopic (exact) mass is 186 g/mol. The van der Waals surface area contributed by atoms with Gasteiger partial charge in [0.05, 0.1) is 0 Å². The minimum Gasteiger partial charge on any atom is -0.382 e. The second-order valence-electron chi connectivity index (χ2n) is 2.93. The van der Waals surface area contributed by atoms with Gasteiger partial charge < -0.3 is 16.2 Å². The van der Waals surface area contributed by atoms with Gasteiger partial charge >= 0.3 is 0 Å². The molecule has 0 aromatic carbocycles. The van der Waals surface area contributed by atoms with Crippen LogP contribution in [0, 0.1) is 0 Å². The lowest BCUT2D eigenvalue weighted by Gasteiger charge is -2.16. The quantitative estimate of drug-likeness (QED) is 0.502. The van der Waals surface area contributed by atoms with Crippen molar-refractivity contribution in [1.82, 2.24) is 5.32 Å². The van der Waals surface area contributed by atoms with Gasteiger partial charge in [0.2, 0.25) is 0 Å². The third-order valence-corrected chi connectivity index (χ3v) is 1.72. The van der Waals surface area contributed by atoms with Crippen molar-refractivity contribution < 1.29 is 9.90 Å². The zero-order valence-corrected chi connectivity index (χ0v) is 7.99. The van der Waals surface area contributed by atoms with Crippen molar-refractivity contribution in [2.24, 2.45) is 5.73 Å². The van der Waals surface area contributed by atoms with E-state index in [1.165, 1.54) is 0 Å². The van der Waals surface area contributed by atoms with Crippen molar-refractivity contribution in [3.63, 3.8) is 0 Å². The van der Waals surface area contributed by atoms with Crippen LogP contribution in [-0.4, -0.2) is 29.7 Å². The lowest BCUT2D eigenvalue weighted by atomic mass is 10.1. The maximum atomic E-state index is 11.1. The third-order valence-electron chi connectivity index (χ3n) is 1.72. The summed E-state index contributed by atoms with van der Waals surface area (Å²) >= 11 is 0. The maximum Gasteiger partial charge on any atom is 0.250 e. The molecule has 0 aliphatic carbocycles. The summed E-state index contributed by atoms with van der Waals surface area (Å²) in [6, 6.07) is -0.477. The Bertz CT molecular complexity index is 171. The number of aliphatic hydroxyl groups is 1. The summed E-state index contributed by atoms with van der Waals surface area (Å²) in [5.41, 5.74) is 5.56. The van der Waals surface area contributed by atoms with Crippen LogP contribution in [0.5, 0.6) is 0 Å². The van der Waals surface area contributed by atoms with Crippen LogP contribution in [0.4, 0.5) is 0 Å². The Morgan fingerprint density at radius 1 is 1.77 bits per heavy atom. The maximum absolute atomic E-state index is 11.1. The van der Waals surface area contributed by atoms with Crippen LogP contribution in [0.25, 0.3) is 0 Å². The van der Waals surface area contributed by atoms with Gasteiger partial charge in [0.1, 0.15) is 6.10 Å². The molecule has 13 heavy (non-hydrogen) atoms. The zero-order chi connectivity index (χ0) is 10.3. The minimum atomic E-state index is -1.11. The smallest absolute Gasteiger partial charge is 0.250 e. The molecule has 2 atom stereocenters. The Kier molecular flexibility index (Phi) is 6.18. The molecule has 0 saturated heterocycles. The number of rotatable bonds is 6. The molecular weight excluding hydrogens is 168 g/mol. The van der Waals surface area contributed by atoms with Gasteiger partial charge in [0, 0.05) is 12.6 Å². The second-order valence-corrected chi connectivity index (χ2v) is 2.93. The third kappa shape index (κ3) is 4.65. The topological polar surface area (TPSA) is 75.3 Å². The first kappa shape index (κ1) is 12.1. The molecule has 0 rings (SSSR count). The van der Waals surface area contributed by atoms with Crippen LogP contribution in [0.15, 0.2) is 12.7 Å². The van der Waals surface area contributed by atoms with Gasteiger partial charge in [-0.3, -0.25) is 4.79 Å². The highest BCUT2D eigenvalue weighted by Crippen LogP contribution is 1.99. The minimum absolute atomic E-state index is 0.356. The summed E-state index contributed by atoms with van der Waals surface area (Å²) in [5, 5.41) is 11.9. The average Bonchev–Trinajstić information content (AvgIpc) is 2.13. The fourth-order valence-electron chi connectivity index (χ4n) is 0.963. The molecule has 76 valence electrons. The normalized spacial score (nSPS) is 14.7. The molecule has 0 bridgehead atoms. The van der Waals surface area contributed by atoms with Gasteiger partial charge in [-0.05, 0) is 6.42 Å². The van der Waals surface area contributed by atoms with E-state index in [9.17, 15) is 9.90 Å². The fourth-order valence-corrected chi connectivity index (χ4v) is 0.963. The molecule has 0 spiro atoms. The van der Waals surface area contributed by atoms with Gasteiger partial charge in [-0.2, -0.15) is 0 Å². The van der Waals surface area contributed by atoms with Crippen LogP contribution < -0.4 is 11.1 Å². The Morgan fingerprint density at radius 3 is 2.85 bits per heavy atom. The first-order chi connectivity index (χ1) is 6.13. The molecule has 0 aliphatic rings. The largest absolute Gasteiger partial charge is 0.382 e. The molecular formula is C9H18N2O2. The lowest BCUT2D eigenvalue weighted by molar-refractivity contribution is -0.130. The van der Waals surface area contributed by atoms with E-state index in [2.05, 4.69) is 11.9 Å². The number of hydrogen-bond donors (Lipinski definition) is 3. The summed E-state index contributed by atoms with van der Waals surface area (Å²) in [5.74, 6) is -0.430. The molecule has 0 aromatic heterocycles. The number of carbonyl (C=O) groups is 1. The summed E-state index contributed by atoms with van der Waals surface area (Å²) in [4.78, 5) is 11.1. The highest BCUT2D eigenvalue weighted by atomic mass is 16.3. The Morgan fingerprint density at radius 2 is 2.38 bits per heavy atom. The van der Waals surface area contributed by atoms with Crippen molar-refractivity contribution in [3.05, 3.63) is 12.7 Å². The van der Waals surface area contributed by atoms with Gasteiger partial charge in [-0.1, -0.05) is 19.4 Å². The average molecular weight is 186 g/mol. The number of carbonyl (C=O) groups excluding carboxylic acids is 1. The van der Waals surface area contributed by atoms with E-state index in [0.29, 0.717) is 13.0 Å². The van der Waals surface area contributed by atoms with Gasteiger partial charge in [-0.15, -0.1) is 6.58 Å². The summed E-state index contributed by atoms with van der Waals surface area (Å²) < 4.78 is 0. The molecule has 4 nitrogen and oxygen atoms in total. The lowest BCUT2D eigenvalue weighted by Crippen LogP contribution is -2.46. The number of aliphatic hydroxyl groups excluding tert-OH is 1. The summed E-state index contributed by atoms with van der Waals surface area (Å²) in [6.07, 6.45) is 1.94. The van der Waals surface area contributed by atoms with Crippen LogP contribution in [0.2, 0.25) is 0 Å². The van der Waals surface area contributed by atoms with E-state index in [-0.39, 0.29) is 0 Å². The molecule has 0 aromatic rings.